The van der Waals surface area contributed by atoms with Gasteiger partial charge in [-0.1, -0.05) is 17.7 Å². The summed E-state index contributed by atoms with van der Waals surface area (Å²) in [6.07, 6.45) is -9.23. The molecular weight excluding hydrogens is 663 g/mol. The molecule has 0 saturated carbocycles. The number of nitrogens with zero attached hydrogens (tertiary/aromatic N) is 2. The van der Waals surface area contributed by atoms with Crippen LogP contribution in [0.25, 0.3) is 0 Å². The Morgan fingerprint density at radius 1 is 1.02 bits per heavy atom. The number of benzene rings is 2. The minimum absolute atomic E-state index is 0.0161. The standard InChI is InChI=1S/C34H40F7N3O5/c1-19-14-25(35)8-9-26(19)27-15-21(10-12-32(6,28(45)46)42-29(47)49-31(3,4)5)11-13-44(27)30(48)43(7)20(2)22-16-23(33(36,37)38)18-24(17-22)34(39,40)41/h8-10,14,16-18,20,27H,11-13,15H2,1-7H3,(H,42,47)(H,45,46)/t20-,27-,32-/m1/s1. The molecule has 0 aromatic heterocycles. The van der Waals surface area contributed by atoms with Crippen LogP contribution in [0.2, 0.25) is 0 Å². The number of carbonyl (C=O) groups excluding carboxylic acids is 2. The van der Waals surface area contributed by atoms with E-state index in [1.165, 1.54) is 44.0 Å². The number of amides is 3. The predicted molar refractivity (Wildman–Crippen MR) is 166 cm³/mol. The van der Waals surface area contributed by atoms with E-state index in [0.29, 0.717) is 28.8 Å². The summed E-state index contributed by atoms with van der Waals surface area (Å²) in [5, 5.41) is 12.3. The first kappa shape index (κ1) is 39.1. The number of piperidine rings is 1. The molecule has 1 fully saturated rings. The number of carbonyl (C=O) groups is 3. The van der Waals surface area contributed by atoms with Crippen molar-refractivity contribution in [1.82, 2.24) is 15.1 Å². The van der Waals surface area contributed by atoms with E-state index < -0.39 is 70.6 Å². The summed E-state index contributed by atoms with van der Waals surface area (Å²) in [4.78, 5) is 41.0. The van der Waals surface area contributed by atoms with E-state index in [9.17, 15) is 50.2 Å². The maximum atomic E-state index is 14.1. The van der Waals surface area contributed by atoms with Gasteiger partial charge in [-0.05, 0) is 108 Å². The highest BCUT2D eigenvalue weighted by atomic mass is 19.4. The third kappa shape index (κ3) is 9.88. The van der Waals surface area contributed by atoms with Crippen molar-refractivity contribution in [2.45, 2.75) is 96.4 Å². The van der Waals surface area contributed by atoms with E-state index in [0.717, 1.165) is 4.90 Å². The highest BCUT2D eigenvalue weighted by molar-refractivity contribution is 5.84. The highest BCUT2D eigenvalue weighted by Gasteiger charge is 2.40. The molecule has 49 heavy (non-hydrogen) atoms. The van der Waals surface area contributed by atoms with Gasteiger partial charge in [0.25, 0.3) is 0 Å². The molecule has 3 atom stereocenters. The van der Waals surface area contributed by atoms with Crippen LogP contribution in [-0.4, -0.2) is 57.7 Å². The van der Waals surface area contributed by atoms with Gasteiger partial charge in [-0.15, -0.1) is 0 Å². The number of rotatable bonds is 7. The van der Waals surface area contributed by atoms with Crippen LogP contribution in [0, 0.1) is 12.7 Å². The van der Waals surface area contributed by atoms with E-state index in [1.807, 2.05) is 0 Å². The molecule has 3 rings (SSSR count). The highest BCUT2D eigenvalue weighted by Crippen LogP contribution is 2.40. The molecule has 0 spiro atoms. The third-order valence-electron chi connectivity index (χ3n) is 8.37. The fourth-order valence-electron chi connectivity index (χ4n) is 5.47. The van der Waals surface area contributed by atoms with Crippen LogP contribution in [0.3, 0.4) is 0 Å². The maximum absolute atomic E-state index is 14.1. The third-order valence-corrected chi connectivity index (χ3v) is 8.37. The zero-order valence-corrected chi connectivity index (χ0v) is 28.1. The van der Waals surface area contributed by atoms with Gasteiger partial charge in [0.1, 0.15) is 17.0 Å². The summed E-state index contributed by atoms with van der Waals surface area (Å²) in [5.74, 6) is -1.86. The van der Waals surface area contributed by atoms with Gasteiger partial charge in [-0.25, -0.2) is 18.8 Å². The fraction of sp³-hybridized carbons (Fsp3) is 0.500. The number of hydrogen-bond donors (Lipinski definition) is 2. The monoisotopic (exact) mass is 703 g/mol. The van der Waals surface area contributed by atoms with Crippen LogP contribution in [-0.2, 0) is 21.9 Å². The van der Waals surface area contributed by atoms with Crippen LogP contribution in [0.4, 0.5) is 40.3 Å². The minimum Gasteiger partial charge on any atom is -0.480 e. The van der Waals surface area contributed by atoms with Crippen molar-refractivity contribution in [2.75, 3.05) is 13.6 Å². The summed E-state index contributed by atoms with van der Waals surface area (Å²) in [5.41, 5.74) is -4.32. The van der Waals surface area contributed by atoms with E-state index >= 15 is 0 Å². The normalized spacial score (nSPS) is 18.4. The summed E-state index contributed by atoms with van der Waals surface area (Å²) < 4.78 is 101. The second-order valence-electron chi connectivity index (χ2n) is 13.4. The average molecular weight is 704 g/mol. The number of carboxylic acids is 1. The first-order valence-corrected chi connectivity index (χ1v) is 15.3. The van der Waals surface area contributed by atoms with Crippen LogP contribution in [0.1, 0.15) is 93.8 Å². The predicted octanol–water partition coefficient (Wildman–Crippen LogP) is 8.81. The van der Waals surface area contributed by atoms with Crippen LogP contribution >= 0.6 is 0 Å². The van der Waals surface area contributed by atoms with Gasteiger partial charge < -0.3 is 25.0 Å². The smallest absolute Gasteiger partial charge is 0.416 e. The molecule has 1 saturated heterocycles. The van der Waals surface area contributed by atoms with Crippen molar-refractivity contribution in [2.24, 2.45) is 0 Å². The lowest BCUT2D eigenvalue weighted by Crippen LogP contribution is -2.53. The molecule has 0 bridgehead atoms. The van der Waals surface area contributed by atoms with Crippen molar-refractivity contribution in [1.29, 1.82) is 0 Å². The van der Waals surface area contributed by atoms with E-state index in [-0.39, 0.29) is 37.4 Å². The Labute approximate surface area is 279 Å². The molecule has 3 amide bonds. The zero-order valence-electron chi connectivity index (χ0n) is 28.1. The van der Waals surface area contributed by atoms with Crippen LogP contribution in [0.15, 0.2) is 48.0 Å². The second kappa shape index (κ2) is 14.3. The largest absolute Gasteiger partial charge is 0.480 e. The number of aliphatic carboxylic acids is 1. The Morgan fingerprint density at radius 3 is 2.08 bits per heavy atom. The average Bonchev–Trinajstić information content (AvgIpc) is 2.96. The SMILES string of the molecule is Cc1cc(F)ccc1[C@H]1CC(=CC[C@@](C)(NC(=O)OC(C)(C)C)C(=O)O)CCN1C(=O)N(C)[C@H](C)c1cc(C(F)(F)F)cc(C(F)(F)F)c1. The molecule has 15 heteroatoms. The number of urea groups is 1. The Hall–Kier alpha value is -4.30. The molecule has 0 radical (unpaired) electrons. The lowest BCUT2D eigenvalue weighted by Gasteiger charge is -2.41. The van der Waals surface area contributed by atoms with E-state index in [2.05, 4.69) is 5.32 Å². The Kier molecular flexibility index (Phi) is 11.4. The number of carboxylic acid groups (broad SMARTS) is 1. The van der Waals surface area contributed by atoms with Gasteiger partial charge in [-0.3, -0.25) is 0 Å². The van der Waals surface area contributed by atoms with Gasteiger partial charge in [0.15, 0.2) is 0 Å². The minimum atomic E-state index is -5.07. The number of hydrogen-bond acceptors (Lipinski definition) is 4. The van der Waals surface area contributed by atoms with Crippen molar-refractivity contribution < 1.29 is 55.0 Å². The number of likely N-dealkylation sites (tertiary alicyclic amines) is 1. The molecule has 1 heterocycles. The number of aryl methyl sites for hydroxylation is 1. The molecule has 2 N–H and O–H groups in total. The van der Waals surface area contributed by atoms with Gasteiger partial charge in [0, 0.05) is 13.6 Å². The first-order valence-electron chi connectivity index (χ1n) is 15.3. The summed E-state index contributed by atoms with van der Waals surface area (Å²) in [6, 6.07) is 2.42. The van der Waals surface area contributed by atoms with Crippen molar-refractivity contribution in [3.05, 3.63) is 81.7 Å². The van der Waals surface area contributed by atoms with Crippen LogP contribution in [0.5, 0.6) is 0 Å². The summed E-state index contributed by atoms with van der Waals surface area (Å²) in [6.45, 7) is 9.14. The van der Waals surface area contributed by atoms with E-state index in [4.69, 9.17) is 4.74 Å². The van der Waals surface area contributed by atoms with E-state index in [1.54, 1.807) is 33.8 Å². The molecule has 0 aliphatic carbocycles. The molecule has 2 aromatic rings. The van der Waals surface area contributed by atoms with Crippen molar-refractivity contribution in [3.8, 4) is 0 Å². The zero-order chi connectivity index (χ0) is 37.3. The first-order chi connectivity index (χ1) is 22.3. The summed E-state index contributed by atoms with van der Waals surface area (Å²) in [7, 11) is 1.26. The van der Waals surface area contributed by atoms with Gasteiger partial charge in [-0.2, -0.15) is 26.3 Å². The van der Waals surface area contributed by atoms with Crippen LogP contribution < -0.4 is 5.32 Å². The molecule has 2 aromatic carbocycles. The molecule has 1 aliphatic rings. The molecule has 0 unspecified atom stereocenters. The maximum Gasteiger partial charge on any atom is 0.416 e. The Balaban J connectivity index is 1.96. The Bertz CT molecular complexity index is 1570. The molecule has 8 nitrogen and oxygen atoms in total. The van der Waals surface area contributed by atoms with Crippen molar-refractivity contribution >= 4 is 18.1 Å². The quantitative estimate of drug-likeness (QED) is 0.222. The lowest BCUT2D eigenvalue weighted by atomic mass is 9.87. The number of halogens is 7. The Morgan fingerprint density at radius 2 is 1.59 bits per heavy atom. The summed E-state index contributed by atoms with van der Waals surface area (Å²) >= 11 is 0. The topological polar surface area (TPSA) is 99.2 Å². The number of ether oxygens (including phenoxy) is 1. The molecular formula is C34H40F7N3O5. The van der Waals surface area contributed by atoms with Crippen molar-refractivity contribution in [3.63, 3.8) is 0 Å². The molecule has 270 valence electrons. The second-order valence-corrected chi connectivity index (χ2v) is 13.4. The number of alkyl halides is 6. The number of nitrogens with one attached hydrogen (secondary N) is 1. The van der Waals surface area contributed by atoms with Gasteiger partial charge in [0.2, 0.25) is 0 Å². The van der Waals surface area contributed by atoms with Gasteiger partial charge >= 0.3 is 30.4 Å². The fourth-order valence-corrected chi connectivity index (χ4v) is 5.47. The lowest BCUT2D eigenvalue weighted by molar-refractivity contribution is -0.144. The molecule has 1 aliphatic heterocycles. The van der Waals surface area contributed by atoms with Gasteiger partial charge in [0.05, 0.1) is 23.2 Å². The number of alkyl carbamates (subject to hydrolysis) is 1.